The van der Waals surface area contributed by atoms with Gasteiger partial charge in [0, 0.05) is 11.6 Å². The molecule has 1 aromatic carbocycles. The molecule has 0 unspecified atom stereocenters. The standard InChI is InChI=1S/C19H30ClN3O3S/c1-15-8-9-17(20)14-18(15)23(27(3,25)26)16(2)19(24)21-10-7-13-22-11-5-4-6-12-22/h8-9,14,16H,4-7,10-13H2,1-3H3,(H,21,24)/t16-/m1/s1. The average Bonchev–Trinajstić information content (AvgIpc) is 2.61. The Labute approximate surface area is 167 Å². The van der Waals surface area contributed by atoms with Crippen LogP contribution in [0.5, 0.6) is 0 Å². The summed E-state index contributed by atoms with van der Waals surface area (Å²) in [4.78, 5) is 15.0. The Bertz CT molecular complexity index is 749. The minimum absolute atomic E-state index is 0.307. The van der Waals surface area contributed by atoms with Crippen LogP contribution in [0.25, 0.3) is 0 Å². The monoisotopic (exact) mass is 415 g/mol. The van der Waals surface area contributed by atoms with Crippen molar-refractivity contribution in [2.24, 2.45) is 0 Å². The summed E-state index contributed by atoms with van der Waals surface area (Å²) in [5.41, 5.74) is 1.18. The number of nitrogens with one attached hydrogen (secondary N) is 1. The van der Waals surface area contributed by atoms with E-state index in [-0.39, 0.29) is 5.91 Å². The van der Waals surface area contributed by atoms with E-state index in [1.807, 2.05) is 0 Å². The molecule has 0 radical (unpaired) electrons. The predicted molar refractivity (Wildman–Crippen MR) is 111 cm³/mol. The van der Waals surface area contributed by atoms with Gasteiger partial charge in [0.1, 0.15) is 6.04 Å². The summed E-state index contributed by atoms with van der Waals surface area (Å²) in [6, 6.07) is 4.18. The first-order valence-corrected chi connectivity index (χ1v) is 11.7. The van der Waals surface area contributed by atoms with Gasteiger partial charge in [0.05, 0.1) is 11.9 Å². The van der Waals surface area contributed by atoms with E-state index in [4.69, 9.17) is 11.6 Å². The normalized spacial score (nSPS) is 16.7. The van der Waals surface area contributed by atoms with Gasteiger partial charge in [-0.05, 0) is 70.4 Å². The van der Waals surface area contributed by atoms with Crippen LogP contribution in [-0.4, -0.2) is 57.7 Å². The fourth-order valence-corrected chi connectivity index (χ4v) is 4.84. The van der Waals surface area contributed by atoms with Crippen molar-refractivity contribution in [3.8, 4) is 0 Å². The number of piperidine rings is 1. The van der Waals surface area contributed by atoms with Crippen LogP contribution in [-0.2, 0) is 14.8 Å². The van der Waals surface area contributed by atoms with Crippen molar-refractivity contribution < 1.29 is 13.2 Å². The lowest BCUT2D eigenvalue weighted by molar-refractivity contribution is -0.121. The summed E-state index contributed by atoms with van der Waals surface area (Å²) in [5, 5.41) is 3.30. The molecule has 1 amide bonds. The molecule has 1 aromatic rings. The second kappa shape index (κ2) is 9.75. The van der Waals surface area contributed by atoms with E-state index in [1.54, 1.807) is 32.0 Å². The molecule has 1 heterocycles. The van der Waals surface area contributed by atoms with E-state index in [1.165, 1.54) is 19.3 Å². The minimum atomic E-state index is -3.64. The third kappa shape index (κ3) is 6.36. The lowest BCUT2D eigenvalue weighted by atomic mass is 10.1. The maximum atomic E-state index is 12.6. The number of sulfonamides is 1. The van der Waals surface area contributed by atoms with E-state index in [0.717, 1.165) is 42.2 Å². The fourth-order valence-electron chi connectivity index (χ4n) is 3.45. The molecule has 1 fully saturated rings. The van der Waals surface area contributed by atoms with Crippen LogP contribution in [0.1, 0.15) is 38.2 Å². The number of benzene rings is 1. The van der Waals surface area contributed by atoms with Gasteiger partial charge in [-0.2, -0.15) is 0 Å². The predicted octanol–water partition coefficient (Wildman–Crippen LogP) is 2.80. The van der Waals surface area contributed by atoms with E-state index in [9.17, 15) is 13.2 Å². The lowest BCUT2D eigenvalue weighted by Crippen LogP contribution is -2.48. The van der Waals surface area contributed by atoms with Gasteiger partial charge >= 0.3 is 0 Å². The summed E-state index contributed by atoms with van der Waals surface area (Å²) in [6.45, 7) is 7.14. The van der Waals surface area contributed by atoms with Crippen LogP contribution < -0.4 is 9.62 Å². The number of likely N-dealkylation sites (tertiary alicyclic amines) is 1. The Morgan fingerprint density at radius 2 is 1.96 bits per heavy atom. The van der Waals surface area contributed by atoms with Crippen LogP contribution in [0.3, 0.4) is 0 Å². The van der Waals surface area contributed by atoms with Crippen molar-refractivity contribution in [3.63, 3.8) is 0 Å². The quantitative estimate of drug-likeness (QED) is 0.663. The molecule has 1 N–H and O–H groups in total. The van der Waals surface area contributed by atoms with Crippen LogP contribution >= 0.6 is 11.6 Å². The van der Waals surface area contributed by atoms with Gasteiger partial charge in [0.25, 0.3) is 0 Å². The van der Waals surface area contributed by atoms with Gasteiger partial charge in [-0.1, -0.05) is 24.1 Å². The molecule has 2 rings (SSSR count). The SMILES string of the molecule is Cc1ccc(Cl)cc1N([C@H](C)C(=O)NCCCN1CCCCC1)S(C)(=O)=O. The van der Waals surface area contributed by atoms with Gasteiger partial charge in [0.15, 0.2) is 0 Å². The van der Waals surface area contributed by atoms with Gasteiger partial charge in [-0.25, -0.2) is 8.42 Å². The van der Waals surface area contributed by atoms with Crippen molar-refractivity contribution in [3.05, 3.63) is 28.8 Å². The fraction of sp³-hybridized carbons (Fsp3) is 0.632. The Kier molecular flexibility index (Phi) is 7.94. The summed E-state index contributed by atoms with van der Waals surface area (Å²) < 4.78 is 25.9. The molecule has 1 aliphatic rings. The van der Waals surface area contributed by atoms with E-state index >= 15 is 0 Å². The highest BCUT2D eigenvalue weighted by molar-refractivity contribution is 7.92. The van der Waals surface area contributed by atoms with E-state index in [2.05, 4.69) is 10.2 Å². The number of aryl methyl sites for hydroxylation is 1. The van der Waals surface area contributed by atoms with Crippen molar-refractivity contribution in [1.82, 2.24) is 10.2 Å². The summed E-state index contributed by atoms with van der Waals surface area (Å²) in [7, 11) is -3.64. The minimum Gasteiger partial charge on any atom is -0.354 e. The first-order valence-electron chi connectivity index (χ1n) is 9.46. The molecule has 0 aliphatic carbocycles. The molecule has 6 nitrogen and oxygen atoms in total. The summed E-state index contributed by atoms with van der Waals surface area (Å²) in [5.74, 6) is -0.307. The van der Waals surface area contributed by atoms with Crippen LogP contribution in [0.4, 0.5) is 5.69 Å². The topological polar surface area (TPSA) is 69.7 Å². The van der Waals surface area contributed by atoms with Crippen LogP contribution in [0.15, 0.2) is 18.2 Å². The van der Waals surface area contributed by atoms with Crippen LogP contribution in [0, 0.1) is 6.92 Å². The second-order valence-corrected chi connectivity index (χ2v) is 9.51. The average molecular weight is 416 g/mol. The first-order chi connectivity index (χ1) is 12.7. The highest BCUT2D eigenvalue weighted by Gasteiger charge is 2.30. The highest BCUT2D eigenvalue weighted by Crippen LogP contribution is 2.28. The lowest BCUT2D eigenvalue weighted by Gasteiger charge is -2.30. The molecule has 0 bridgehead atoms. The Morgan fingerprint density at radius 3 is 2.59 bits per heavy atom. The number of hydrogen-bond donors (Lipinski definition) is 1. The Morgan fingerprint density at radius 1 is 1.30 bits per heavy atom. The number of halogens is 1. The molecule has 152 valence electrons. The first kappa shape index (κ1) is 22.0. The molecular formula is C19H30ClN3O3S. The molecule has 0 saturated carbocycles. The van der Waals surface area contributed by atoms with Gasteiger partial charge < -0.3 is 10.2 Å². The summed E-state index contributed by atoms with van der Waals surface area (Å²) >= 11 is 6.04. The van der Waals surface area contributed by atoms with Crippen LogP contribution in [0.2, 0.25) is 5.02 Å². The maximum absolute atomic E-state index is 12.6. The smallest absolute Gasteiger partial charge is 0.243 e. The van der Waals surface area contributed by atoms with E-state index < -0.39 is 16.1 Å². The number of nitrogens with zero attached hydrogens (tertiary/aromatic N) is 2. The molecule has 1 saturated heterocycles. The number of hydrogen-bond acceptors (Lipinski definition) is 4. The largest absolute Gasteiger partial charge is 0.354 e. The zero-order chi connectivity index (χ0) is 20.0. The van der Waals surface area contributed by atoms with Gasteiger partial charge in [-0.15, -0.1) is 0 Å². The molecule has 0 spiro atoms. The molecule has 8 heteroatoms. The Balaban J connectivity index is 1.99. The molecule has 27 heavy (non-hydrogen) atoms. The van der Waals surface area contributed by atoms with Crippen molar-refractivity contribution >= 4 is 33.2 Å². The summed E-state index contributed by atoms with van der Waals surface area (Å²) in [6.07, 6.45) is 5.74. The third-order valence-electron chi connectivity index (χ3n) is 4.90. The molecule has 1 aliphatic heterocycles. The number of carbonyl (C=O) groups is 1. The third-order valence-corrected chi connectivity index (χ3v) is 6.36. The molecule has 1 atom stereocenters. The molecule has 0 aromatic heterocycles. The maximum Gasteiger partial charge on any atom is 0.243 e. The van der Waals surface area contributed by atoms with Crippen molar-refractivity contribution in [2.45, 2.75) is 45.6 Å². The molecular weight excluding hydrogens is 386 g/mol. The van der Waals surface area contributed by atoms with Gasteiger partial charge in [-0.3, -0.25) is 9.10 Å². The highest BCUT2D eigenvalue weighted by atomic mass is 35.5. The second-order valence-electron chi connectivity index (χ2n) is 7.21. The zero-order valence-corrected chi connectivity index (χ0v) is 17.9. The van der Waals surface area contributed by atoms with Crippen molar-refractivity contribution in [1.29, 1.82) is 0 Å². The number of rotatable bonds is 8. The Hall–Kier alpha value is -1.31. The van der Waals surface area contributed by atoms with E-state index in [0.29, 0.717) is 17.3 Å². The van der Waals surface area contributed by atoms with Gasteiger partial charge in [0.2, 0.25) is 15.9 Å². The van der Waals surface area contributed by atoms with Crippen molar-refractivity contribution in [2.75, 3.05) is 36.7 Å². The number of carbonyl (C=O) groups excluding carboxylic acids is 1. The number of anilines is 1. The number of amides is 1. The zero-order valence-electron chi connectivity index (χ0n) is 16.4.